The van der Waals surface area contributed by atoms with Gasteiger partial charge in [-0.2, -0.15) is 8.42 Å². The van der Waals surface area contributed by atoms with Gasteiger partial charge in [-0.3, -0.25) is 9.11 Å². The monoisotopic (exact) mass is 454 g/mol. The van der Waals surface area contributed by atoms with E-state index in [4.69, 9.17) is 17.5 Å². The van der Waals surface area contributed by atoms with Crippen LogP contribution in [0.1, 0.15) is 11.4 Å². The van der Waals surface area contributed by atoms with Crippen molar-refractivity contribution in [2.45, 2.75) is 13.1 Å². The number of aromatic amines is 2. The van der Waals surface area contributed by atoms with Gasteiger partial charge in [0.2, 0.25) is 0 Å². The molecule has 0 radical (unpaired) electrons. The molecule has 2 aromatic heterocycles. The molecule has 0 bridgehead atoms. The van der Waals surface area contributed by atoms with E-state index in [2.05, 4.69) is 20.6 Å². The summed E-state index contributed by atoms with van der Waals surface area (Å²) < 4.78 is 57.2. The number of nitrogens with one attached hydrogen (secondary N) is 4. The Bertz CT molecular complexity index is 1150. The summed E-state index contributed by atoms with van der Waals surface area (Å²) in [4.78, 5) is 6.39. The zero-order valence-corrected chi connectivity index (χ0v) is 17.7. The highest BCUT2D eigenvalue weighted by Crippen LogP contribution is 2.17. The third-order valence-corrected chi connectivity index (χ3v) is 4.01. The standard InChI is InChI=1S/2C10H11FN2.H2O4S/c2*1-12-6-9-5-7-4-8(11)2-3-10(7)13-9;1-5(2,3)4/h2*2-5,12-13H,6H2,1H3;(H2,1,2,3,4). The Morgan fingerprint density at radius 1 is 0.774 bits per heavy atom. The van der Waals surface area contributed by atoms with E-state index in [1.54, 1.807) is 12.1 Å². The van der Waals surface area contributed by atoms with Crippen LogP contribution < -0.4 is 10.6 Å². The predicted molar refractivity (Wildman–Crippen MR) is 116 cm³/mol. The van der Waals surface area contributed by atoms with Gasteiger partial charge in [0.05, 0.1) is 0 Å². The van der Waals surface area contributed by atoms with Crippen LogP contribution in [0.4, 0.5) is 8.78 Å². The normalized spacial score (nSPS) is 11.0. The highest BCUT2D eigenvalue weighted by Gasteiger charge is 2.01. The number of H-pyrrole nitrogens is 2. The van der Waals surface area contributed by atoms with E-state index < -0.39 is 10.4 Å². The van der Waals surface area contributed by atoms with Crippen molar-refractivity contribution in [3.05, 3.63) is 71.6 Å². The van der Waals surface area contributed by atoms with Crippen LogP contribution in [0.15, 0.2) is 48.5 Å². The van der Waals surface area contributed by atoms with Gasteiger partial charge in [-0.05, 0) is 62.6 Å². The van der Waals surface area contributed by atoms with Crippen molar-refractivity contribution < 1.29 is 26.3 Å². The first-order chi connectivity index (χ1) is 14.6. The van der Waals surface area contributed by atoms with Crippen LogP contribution in [0.5, 0.6) is 0 Å². The zero-order chi connectivity index (χ0) is 23.0. The van der Waals surface area contributed by atoms with Gasteiger partial charge in [-0.1, -0.05) is 0 Å². The molecular weight excluding hydrogens is 430 g/mol. The van der Waals surface area contributed by atoms with Crippen molar-refractivity contribution in [3.63, 3.8) is 0 Å². The molecule has 0 aliphatic carbocycles. The van der Waals surface area contributed by atoms with Crippen LogP contribution in [-0.2, 0) is 23.5 Å². The fraction of sp³-hybridized carbons (Fsp3) is 0.200. The summed E-state index contributed by atoms with van der Waals surface area (Å²) in [6.07, 6.45) is 0. The van der Waals surface area contributed by atoms with Crippen molar-refractivity contribution in [1.82, 2.24) is 20.6 Å². The summed E-state index contributed by atoms with van der Waals surface area (Å²) in [7, 11) is -0.905. The van der Waals surface area contributed by atoms with E-state index in [1.165, 1.54) is 24.3 Å². The maximum Gasteiger partial charge on any atom is 0.394 e. The fourth-order valence-corrected chi connectivity index (χ4v) is 2.90. The molecule has 0 aliphatic rings. The second kappa shape index (κ2) is 11.0. The molecule has 0 aliphatic heterocycles. The van der Waals surface area contributed by atoms with Gasteiger partial charge < -0.3 is 20.6 Å². The van der Waals surface area contributed by atoms with Gasteiger partial charge in [-0.15, -0.1) is 0 Å². The van der Waals surface area contributed by atoms with Crippen molar-refractivity contribution in [3.8, 4) is 0 Å². The average Bonchev–Trinajstić information content (AvgIpc) is 3.23. The zero-order valence-electron chi connectivity index (χ0n) is 16.9. The Morgan fingerprint density at radius 2 is 1.13 bits per heavy atom. The van der Waals surface area contributed by atoms with E-state index in [0.717, 1.165) is 46.3 Å². The van der Waals surface area contributed by atoms with Gasteiger partial charge in [-0.25, -0.2) is 8.78 Å². The first kappa shape index (κ1) is 24.4. The van der Waals surface area contributed by atoms with Crippen molar-refractivity contribution >= 4 is 32.2 Å². The van der Waals surface area contributed by atoms with E-state index in [9.17, 15) is 8.78 Å². The molecule has 0 saturated heterocycles. The van der Waals surface area contributed by atoms with Gasteiger partial charge in [0.15, 0.2) is 0 Å². The first-order valence-corrected chi connectivity index (χ1v) is 10.5. The number of benzene rings is 2. The second-order valence-corrected chi connectivity index (χ2v) is 7.46. The molecule has 0 fully saturated rings. The van der Waals surface area contributed by atoms with Crippen molar-refractivity contribution in [2.75, 3.05) is 14.1 Å². The molecule has 0 saturated carbocycles. The van der Waals surface area contributed by atoms with Crippen LogP contribution in [-0.4, -0.2) is 41.6 Å². The highest BCUT2D eigenvalue weighted by atomic mass is 32.3. The van der Waals surface area contributed by atoms with E-state index in [-0.39, 0.29) is 11.6 Å². The quantitative estimate of drug-likeness (QED) is 0.262. The third-order valence-electron chi connectivity index (χ3n) is 4.01. The summed E-state index contributed by atoms with van der Waals surface area (Å²) in [6, 6.07) is 13.4. The smallest absolute Gasteiger partial charge is 0.357 e. The molecule has 0 amide bonds. The minimum absolute atomic E-state index is 0.192. The Labute approximate surface area is 178 Å². The van der Waals surface area contributed by atoms with Crippen LogP contribution in [0.25, 0.3) is 21.8 Å². The molecule has 2 heterocycles. The molecule has 0 unspecified atom stereocenters. The molecule has 0 spiro atoms. The summed E-state index contributed by atoms with van der Waals surface area (Å²) >= 11 is 0. The topological polar surface area (TPSA) is 130 Å². The lowest BCUT2D eigenvalue weighted by atomic mass is 10.2. The molecule has 168 valence electrons. The largest absolute Gasteiger partial charge is 0.394 e. The van der Waals surface area contributed by atoms with Crippen LogP contribution >= 0.6 is 0 Å². The fourth-order valence-electron chi connectivity index (χ4n) is 2.90. The minimum Gasteiger partial charge on any atom is -0.357 e. The lowest BCUT2D eigenvalue weighted by Crippen LogP contribution is -2.04. The van der Waals surface area contributed by atoms with Gasteiger partial charge in [0.1, 0.15) is 11.6 Å². The highest BCUT2D eigenvalue weighted by molar-refractivity contribution is 7.79. The number of aromatic nitrogens is 2. The summed E-state index contributed by atoms with van der Waals surface area (Å²) in [6.45, 7) is 1.55. The summed E-state index contributed by atoms with van der Waals surface area (Å²) in [5, 5.41) is 7.91. The molecule has 4 rings (SSSR count). The Balaban J connectivity index is 0.000000182. The maximum absolute atomic E-state index is 12.8. The Morgan fingerprint density at radius 3 is 1.45 bits per heavy atom. The Kier molecular flexibility index (Phi) is 8.65. The SMILES string of the molecule is CNCc1cc2cc(F)ccc2[nH]1.CNCc1cc2cc(F)ccc2[nH]1.O=S(=O)(O)O. The second-order valence-electron chi connectivity index (χ2n) is 6.56. The van der Waals surface area contributed by atoms with Crippen molar-refractivity contribution in [1.29, 1.82) is 0 Å². The Hall–Kier alpha value is -2.83. The first-order valence-electron chi connectivity index (χ1n) is 9.12. The molecule has 11 heteroatoms. The average molecular weight is 454 g/mol. The number of hydrogen-bond donors (Lipinski definition) is 6. The summed E-state index contributed by atoms with van der Waals surface area (Å²) in [5.41, 5.74) is 4.10. The third kappa shape index (κ3) is 8.44. The minimum atomic E-state index is -4.67. The maximum atomic E-state index is 12.8. The molecule has 8 nitrogen and oxygen atoms in total. The molecule has 0 atom stereocenters. The molecule has 2 aromatic carbocycles. The molecule has 6 N–H and O–H groups in total. The van der Waals surface area contributed by atoms with Crippen molar-refractivity contribution in [2.24, 2.45) is 0 Å². The van der Waals surface area contributed by atoms with Gasteiger partial charge in [0.25, 0.3) is 0 Å². The van der Waals surface area contributed by atoms with Crippen LogP contribution in [0.2, 0.25) is 0 Å². The number of rotatable bonds is 4. The molecule has 4 aromatic rings. The number of halogens is 2. The lowest BCUT2D eigenvalue weighted by molar-refractivity contribution is 0.381. The number of fused-ring (bicyclic) bond motifs is 2. The van der Waals surface area contributed by atoms with Crippen LogP contribution in [0, 0.1) is 11.6 Å². The number of hydrogen-bond acceptors (Lipinski definition) is 4. The van der Waals surface area contributed by atoms with Crippen LogP contribution in [0.3, 0.4) is 0 Å². The lowest BCUT2D eigenvalue weighted by Gasteiger charge is -1.91. The molecule has 31 heavy (non-hydrogen) atoms. The van der Waals surface area contributed by atoms with E-state index in [1.807, 2.05) is 26.2 Å². The van der Waals surface area contributed by atoms with Gasteiger partial charge >= 0.3 is 10.4 Å². The van der Waals surface area contributed by atoms with E-state index in [0.29, 0.717) is 0 Å². The van der Waals surface area contributed by atoms with Gasteiger partial charge in [0, 0.05) is 46.3 Å². The van der Waals surface area contributed by atoms with E-state index >= 15 is 0 Å². The summed E-state index contributed by atoms with van der Waals surface area (Å²) in [5.74, 6) is -0.384. The predicted octanol–water partition coefficient (Wildman–Crippen LogP) is 3.40. The molecular formula is C20H24F2N4O4S.